The number of halogens is 3. The molecular weight excluding hydrogens is 373 g/mol. The van der Waals surface area contributed by atoms with Gasteiger partial charge in [0.25, 0.3) is 0 Å². The van der Waals surface area contributed by atoms with E-state index < -0.39 is 11.7 Å². The van der Waals surface area contributed by atoms with Crippen LogP contribution >= 0.6 is 11.3 Å². The van der Waals surface area contributed by atoms with Gasteiger partial charge >= 0.3 is 6.18 Å². The molecule has 0 radical (unpaired) electrons. The second kappa shape index (κ2) is 9.08. The molecule has 3 rings (SSSR count). The second-order valence-corrected chi connectivity index (χ2v) is 8.11. The van der Waals surface area contributed by atoms with E-state index in [9.17, 15) is 13.2 Å². The number of rotatable bonds is 7. The lowest BCUT2D eigenvalue weighted by molar-refractivity contribution is -0.137. The molecule has 148 valence electrons. The van der Waals surface area contributed by atoms with E-state index in [0.29, 0.717) is 5.69 Å². The molecule has 0 spiro atoms. The Labute approximate surface area is 162 Å². The predicted octanol–water partition coefficient (Wildman–Crippen LogP) is 4.40. The monoisotopic (exact) mass is 398 g/mol. The van der Waals surface area contributed by atoms with Crippen LogP contribution in [0.3, 0.4) is 0 Å². The fraction of sp³-hybridized carbons (Fsp3) is 0.500. The Morgan fingerprint density at radius 1 is 0.963 bits per heavy atom. The van der Waals surface area contributed by atoms with E-state index in [2.05, 4.69) is 11.0 Å². The molecule has 0 unspecified atom stereocenters. The molecule has 0 amide bonds. The molecule has 1 fully saturated rings. The van der Waals surface area contributed by atoms with E-state index in [1.54, 1.807) is 17.4 Å². The van der Waals surface area contributed by atoms with Crippen molar-refractivity contribution in [1.29, 1.82) is 0 Å². The van der Waals surface area contributed by atoms with Crippen LogP contribution in [-0.4, -0.2) is 42.7 Å². The number of hydrogen-bond acceptors (Lipinski definition) is 4. The van der Waals surface area contributed by atoms with Gasteiger partial charge in [-0.25, -0.2) is 0 Å². The van der Waals surface area contributed by atoms with Gasteiger partial charge in [-0.15, -0.1) is 11.3 Å². The molecule has 0 atom stereocenters. The highest BCUT2D eigenvalue weighted by Crippen LogP contribution is 2.31. The summed E-state index contributed by atoms with van der Waals surface area (Å²) in [7, 11) is 0. The number of aliphatic hydroxyl groups excluding tert-OH is 1. The van der Waals surface area contributed by atoms with Crippen molar-refractivity contribution in [2.24, 2.45) is 0 Å². The van der Waals surface area contributed by atoms with Crippen LogP contribution in [0.25, 0.3) is 0 Å². The van der Waals surface area contributed by atoms with Crippen molar-refractivity contribution in [2.45, 2.75) is 32.0 Å². The molecule has 0 saturated carbocycles. The number of aliphatic hydroxyl groups is 1. The largest absolute Gasteiger partial charge is 0.416 e. The normalized spacial score (nSPS) is 16.1. The molecule has 0 bridgehead atoms. The Balaban J connectivity index is 1.40. The molecule has 7 heteroatoms. The highest BCUT2D eigenvalue weighted by atomic mass is 32.1. The molecule has 1 saturated heterocycles. The van der Waals surface area contributed by atoms with Gasteiger partial charge in [-0.1, -0.05) is 6.07 Å². The lowest BCUT2D eigenvalue weighted by Crippen LogP contribution is -2.46. The predicted molar refractivity (Wildman–Crippen MR) is 103 cm³/mol. The van der Waals surface area contributed by atoms with E-state index in [1.165, 1.54) is 17.0 Å². The van der Waals surface area contributed by atoms with Crippen LogP contribution in [0.1, 0.15) is 28.2 Å². The third kappa shape index (κ3) is 5.70. The SMILES string of the molecule is OCc1ccc(CCCCN2CCN(c3cccc(C(F)(F)F)c3)CC2)s1. The van der Waals surface area contributed by atoms with E-state index in [-0.39, 0.29) is 6.61 Å². The maximum atomic E-state index is 12.9. The highest BCUT2D eigenvalue weighted by molar-refractivity contribution is 7.11. The van der Waals surface area contributed by atoms with Crippen LogP contribution in [-0.2, 0) is 19.2 Å². The Morgan fingerprint density at radius 3 is 2.37 bits per heavy atom. The summed E-state index contributed by atoms with van der Waals surface area (Å²) in [4.78, 5) is 6.75. The molecule has 2 aromatic rings. The smallest absolute Gasteiger partial charge is 0.391 e. The van der Waals surface area contributed by atoms with Gasteiger partial charge < -0.3 is 10.0 Å². The minimum absolute atomic E-state index is 0.112. The zero-order chi connectivity index (χ0) is 19.3. The summed E-state index contributed by atoms with van der Waals surface area (Å²) in [6, 6.07) is 9.68. The quantitative estimate of drug-likeness (QED) is 0.700. The third-order valence-corrected chi connectivity index (χ3v) is 6.06. The van der Waals surface area contributed by atoms with E-state index >= 15 is 0 Å². The van der Waals surface area contributed by atoms with Gasteiger partial charge in [-0.05, 0) is 56.1 Å². The molecule has 2 heterocycles. The van der Waals surface area contributed by atoms with Crippen LogP contribution in [0.5, 0.6) is 0 Å². The summed E-state index contributed by atoms with van der Waals surface area (Å²) in [6.45, 7) is 4.40. The van der Waals surface area contributed by atoms with Gasteiger partial charge in [0.2, 0.25) is 0 Å². The highest BCUT2D eigenvalue weighted by Gasteiger charge is 2.31. The summed E-state index contributed by atoms with van der Waals surface area (Å²) in [5.41, 5.74) is 0.0715. The first-order valence-electron chi connectivity index (χ1n) is 9.29. The van der Waals surface area contributed by atoms with Gasteiger partial charge in [-0.2, -0.15) is 13.2 Å². The van der Waals surface area contributed by atoms with Crippen LogP contribution in [0.4, 0.5) is 18.9 Å². The van der Waals surface area contributed by atoms with Gasteiger partial charge in [-0.3, -0.25) is 4.90 Å². The maximum Gasteiger partial charge on any atom is 0.416 e. The molecule has 1 aliphatic rings. The first kappa shape index (κ1) is 20.2. The second-order valence-electron chi connectivity index (χ2n) is 6.86. The number of anilines is 1. The first-order chi connectivity index (χ1) is 13.0. The molecule has 0 aliphatic carbocycles. The number of benzene rings is 1. The van der Waals surface area contributed by atoms with E-state index in [0.717, 1.165) is 62.9 Å². The zero-order valence-electron chi connectivity index (χ0n) is 15.2. The van der Waals surface area contributed by atoms with Crippen LogP contribution in [0.15, 0.2) is 36.4 Å². The van der Waals surface area contributed by atoms with Crippen LogP contribution in [0, 0.1) is 0 Å². The summed E-state index contributed by atoms with van der Waals surface area (Å²) in [5, 5.41) is 9.10. The standard InChI is InChI=1S/C20H25F3N2OS/c21-20(22,23)16-4-3-5-17(14-16)25-12-10-24(11-13-25)9-2-1-6-18-7-8-19(15-26)27-18/h3-5,7-8,14,26H,1-2,6,9-13,15H2. The lowest BCUT2D eigenvalue weighted by Gasteiger charge is -2.36. The zero-order valence-corrected chi connectivity index (χ0v) is 16.0. The fourth-order valence-corrected chi connectivity index (χ4v) is 4.30. The topological polar surface area (TPSA) is 26.7 Å². The van der Waals surface area contributed by atoms with Crippen molar-refractivity contribution in [2.75, 3.05) is 37.6 Å². The summed E-state index contributed by atoms with van der Waals surface area (Å²) in [5.74, 6) is 0. The molecule has 1 aromatic heterocycles. The minimum Gasteiger partial charge on any atom is -0.391 e. The van der Waals surface area contributed by atoms with Gasteiger partial charge in [0.1, 0.15) is 0 Å². The molecule has 3 nitrogen and oxygen atoms in total. The van der Waals surface area contributed by atoms with Gasteiger partial charge in [0.15, 0.2) is 0 Å². The number of piperazine rings is 1. The van der Waals surface area contributed by atoms with Crippen LogP contribution in [0.2, 0.25) is 0 Å². The minimum atomic E-state index is -4.29. The number of unbranched alkanes of at least 4 members (excludes halogenated alkanes) is 1. The third-order valence-electron chi connectivity index (χ3n) is 4.93. The number of hydrogen-bond donors (Lipinski definition) is 1. The lowest BCUT2D eigenvalue weighted by atomic mass is 10.1. The Kier molecular flexibility index (Phi) is 6.78. The van der Waals surface area contributed by atoms with Crippen molar-refractivity contribution in [3.63, 3.8) is 0 Å². The van der Waals surface area contributed by atoms with Crippen molar-refractivity contribution >= 4 is 17.0 Å². The van der Waals surface area contributed by atoms with Crippen molar-refractivity contribution in [3.05, 3.63) is 51.7 Å². The summed E-state index contributed by atoms with van der Waals surface area (Å²) < 4.78 is 38.6. The molecule has 1 N–H and O–H groups in total. The number of aryl methyl sites for hydroxylation is 1. The summed E-state index contributed by atoms with van der Waals surface area (Å²) in [6.07, 6.45) is -1.04. The van der Waals surface area contributed by atoms with Crippen molar-refractivity contribution < 1.29 is 18.3 Å². The Hall–Kier alpha value is -1.57. The number of thiophene rings is 1. The van der Waals surface area contributed by atoms with Gasteiger partial charge in [0, 0.05) is 41.6 Å². The van der Waals surface area contributed by atoms with Crippen molar-refractivity contribution in [1.82, 2.24) is 4.90 Å². The average molecular weight is 398 g/mol. The fourth-order valence-electron chi connectivity index (χ4n) is 3.38. The average Bonchev–Trinajstić information content (AvgIpc) is 3.13. The molecular formula is C20H25F3N2OS. The number of alkyl halides is 3. The Morgan fingerprint density at radius 2 is 1.70 bits per heavy atom. The van der Waals surface area contributed by atoms with Crippen molar-refractivity contribution in [3.8, 4) is 0 Å². The van der Waals surface area contributed by atoms with E-state index in [1.807, 2.05) is 11.0 Å². The molecule has 1 aromatic carbocycles. The maximum absolute atomic E-state index is 12.9. The Bertz CT molecular complexity index is 724. The summed E-state index contributed by atoms with van der Waals surface area (Å²) >= 11 is 1.67. The van der Waals surface area contributed by atoms with Crippen LogP contribution < -0.4 is 4.90 Å². The molecule has 1 aliphatic heterocycles. The first-order valence-corrected chi connectivity index (χ1v) is 10.1. The van der Waals surface area contributed by atoms with Gasteiger partial charge in [0.05, 0.1) is 12.2 Å². The molecule has 27 heavy (non-hydrogen) atoms. The number of nitrogens with zero attached hydrogens (tertiary/aromatic N) is 2. The van der Waals surface area contributed by atoms with E-state index in [4.69, 9.17) is 5.11 Å².